The summed E-state index contributed by atoms with van der Waals surface area (Å²) in [7, 11) is 0. The van der Waals surface area contributed by atoms with Crippen LogP contribution in [0.5, 0.6) is 11.5 Å². The van der Waals surface area contributed by atoms with E-state index in [2.05, 4.69) is 35.0 Å². The predicted molar refractivity (Wildman–Crippen MR) is 107 cm³/mol. The average molecular weight is 376 g/mol. The number of benzene rings is 1. The van der Waals surface area contributed by atoms with Crippen LogP contribution in [0.25, 0.3) is 11.4 Å². The van der Waals surface area contributed by atoms with Gasteiger partial charge in [0.25, 0.3) is 0 Å². The lowest BCUT2D eigenvalue weighted by Crippen LogP contribution is -2.07. The molecular formula is C21H24N6O. The molecule has 7 heteroatoms. The lowest BCUT2D eigenvalue weighted by Gasteiger charge is -2.12. The standard InChI is InChI=1S/C21H24N6O/c1-14(2)13-27-15(3)20(12-26-27)28-19-8-16(9-23)4-5-18(19)21-24-10-17(6-7-22)11-25-21/h4-5,8,10-12,14H,6-7,13,22H2,1-3H3. The smallest absolute Gasteiger partial charge is 0.168 e. The molecule has 3 aromatic rings. The highest BCUT2D eigenvalue weighted by molar-refractivity contribution is 5.66. The van der Waals surface area contributed by atoms with E-state index >= 15 is 0 Å². The van der Waals surface area contributed by atoms with Crippen LogP contribution in [0.4, 0.5) is 0 Å². The first-order valence-corrected chi connectivity index (χ1v) is 9.27. The van der Waals surface area contributed by atoms with Crippen LogP contribution in [-0.4, -0.2) is 26.3 Å². The Labute approximate surface area is 164 Å². The van der Waals surface area contributed by atoms with Crippen molar-refractivity contribution in [1.82, 2.24) is 19.7 Å². The van der Waals surface area contributed by atoms with Crippen LogP contribution in [0.3, 0.4) is 0 Å². The molecule has 0 unspecified atom stereocenters. The van der Waals surface area contributed by atoms with Crippen molar-refractivity contribution in [2.75, 3.05) is 6.54 Å². The Morgan fingerprint density at radius 3 is 2.57 bits per heavy atom. The summed E-state index contributed by atoms with van der Waals surface area (Å²) < 4.78 is 8.07. The van der Waals surface area contributed by atoms with E-state index in [1.165, 1.54) is 0 Å². The maximum absolute atomic E-state index is 9.28. The van der Waals surface area contributed by atoms with Crippen LogP contribution in [0.15, 0.2) is 36.8 Å². The van der Waals surface area contributed by atoms with E-state index in [-0.39, 0.29) is 0 Å². The second-order valence-electron chi connectivity index (χ2n) is 7.05. The van der Waals surface area contributed by atoms with Crippen molar-refractivity contribution in [2.24, 2.45) is 11.7 Å². The van der Waals surface area contributed by atoms with Crippen LogP contribution in [-0.2, 0) is 13.0 Å². The van der Waals surface area contributed by atoms with Crippen molar-refractivity contribution in [3.8, 4) is 29.0 Å². The normalized spacial score (nSPS) is 10.9. The van der Waals surface area contributed by atoms with Crippen molar-refractivity contribution in [3.63, 3.8) is 0 Å². The molecule has 0 fully saturated rings. The molecule has 3 rings (SSSR count). The second-order valence-corrected chi connectivity index (χ2v) is 7.05. The zero-order chi connectivity index (χ0) is 20.1. The van der Waals surface area contributed by atoms with Gasteiger partial charge in [-0.2, -0.15) is 10.4 Å². The molecule has 0 radical (unpaired) electrons. The van der Waals surface area contributed by atoms with E-state index in [1.807, 2.05) is 11.6 Å². The molecule has 0 aliphatic heterocycles. The molecule has 28 heavy (non-hydrogen) atoms. The van der Waals surface area contributed by atoms with Crippen molar-refractivity contribution in [2.45, 2.75) is 33.7 Å². The number of rotatable bonds is 7. The van der Waals surface area contributed by atoms with Gasteiger partial charge in [0.1, 0.15) is 5.75 Å². The molecule has 0 amide bonds. The molecule has 7 nitrogen and oxygen atoms in total. The van der Waals surface area contributed by atoms with Gasteiger partial charge in [0.15, 0.2) is 11.6 Å². The minimum atomic E-state index is 0.476. The van der Waals surface area contributed by atoms with Crippen molar-refractivity contribution >= 4 is 0 Å². The van der Waals surface area contributed by atoms with Crippen molar-refractivity contribution in [3.05, 3.63) is 53.6 Å². The van der Waals surface area contributed by atoms with Gasteiger partial charge in [0, 0.05) is 18.9 Å². The third-order valence-electron chi connectivity index (χ3n) is 4.31. The first-order valence-electron chi connectivity index (χ1n) is 9.27. The summed E-state index contributed by atoms with van der Waals surface area (Å²) in [5.74, 6) is 2.19. The Morgan fingerprint density at radius 1 is 1.18 bits per heavy atom. The van der Waals surface area contributed by atoms with E-state index < -0.39 is 0 Å². The maximum Gasteiger partial charge on any atom is 0.168 e. The fraction of sp³-hybridized carbons (Fsp3) is 0.333. The highest BCUT2D eigenvalue weighted by Crippen LogP contribution is 2.33. The number of hydrogen-bond acceptors (Lipinski definition) is 6. The maximum atomic E-state index is 9.28. The highest BCUT2D eigenvalue weighted by Gasteiger charge is 2.15. The summed E-state index contributed by atoms with van der Waals surface area (Å²) >= 11 is 0. The summed E-state index contributed by atoms with van der Waals surface area (Å²) in [4.78, 5) is 8.88. The van der Waals surface area contributed by atoms with Gasteiger partial charge in [-0.25, -0.2) is 9.97 Å². The quantitative estimate of drug-likeness (QED) is 0.677. The molecule has 2 aromatic heterocycles. The summed E-state index contributed by atoms with van der Waals surface area (Å²) in [6.07, 6.45) is 5.96. The second kappa shape index (κ2) is 8.63. The molecule has 0 bridgehead atoms. The lowest BCUT2D eigenvalue weighted by atomic mass is 10.1. The van der Waals surface area contributed by atoms with Crippen LogP contribution in [0, 0.1) is 24.2 Å². The molecule has 144 valence electrons. The van der Waals surface area contributed by atoms with Gasteiger partial charge in [0.05, 0.1) is 29.1 Å². The Morgan fingerprint density at radius 2 is 1.93 bits per heavy atom. The third kappa shape index (κ3) is 4.35. The zero-order valence-corrected chi connectivity index (χ0v) is 16.4. The van der Waals surface area contributed by atoms with Crippen LogP contribution < -0.4 is 10.5 Å². The van der Waals surface area contributed by atoms with Crippen molar-refractivity contribution in [1.29, 1.82) is 5.26 Å². The van der Waals surface area contributed by atoms with Gasteiger partial charge in [-0.05, 0) is 49.6 Å². The molecule has 0 aliphatic rings. The van der Waals surface area contributed by atoms with E-state index in [0.717, 1.165) is 24.2 Å². The van der Waals surface area contributed by atoms with E-state index in [0.29, 0.717) is 40.9 Å². The van der Waals surface area contributed by atoms with Crippen LogP contribution >= 0.6 is 0 Å². The average Bonchev–Trinajstić information content (AvgIpc) is 3.02. The molecule has 0 saturated heterocycles. The number of hydrogen-bond donors (Lipinski definition) is 1. The molecule has 0 spiro atoms. The fourth-order valence-electron chi connectivity index (χ4n) is 2.83. The molecule has 2 N–H and O–H groups in total. The SMILES string of the molecule is Cc1c(Oc2cc(C#N)ccc2-c2ncc(CCN)cn2)cnn1CC(C)C. The Bertz CT molecular complexity index is 985. The largest absolute Gasteiger partial charge is 0.453 e. The van der Waals surface area contributed by atoms with Gasteiger partial charge in [-0.15, -0.1) is 0 Å². The highest BCUT2D eigenvalue weighted by atomic mass is 16.5. The monoisotopic (exact) mass is 376 g/mol. The van der Waals surface area contributed by atoms with Gasteiger partial charge >= 0.3 is 0 Å². The molecule has 2 heterocycles. The minimum absolute atomic E-state index is 0.476. The number of nitrogens with zero attached hydrogens (tertiary/aromatic N) is 5. The minimum Gasteiger partial charge on any atom is -0.453 e. The molecule has 0 atom stereocenters. The van der Waals surface area contributed by atoms with E-state index in [4.69, 9.17) is 10.5 Å². The summed E-state index contributed by atoms with van der Waals surface area (Å²) in [5, 5.41) is 13.7. The lowest BCUT2D eigenvalue weighted by molar-refractivity contribution is 0.457. The van der Waals surface area contributed by atoms with E-state index in [9.17, 15) is 5.26 Å². The van der Waals surface area contributed by atoms with Crippen LogP contribution in [0.2, 0.25) is 0 Å². The Hall–Kier alpha value is -3.24. The fourth-order valence-corrected chi connectivity index (χ4v) is 2.83. The third-order valence-corrected chi connectivity index (χ3v) is 4.31. The number of nitrogens with two attached hydrogens (primary N) is 1. The van der Waals surface area contributed by atoms with Gasteiger partial charge < -0.3 is 10.5 Å². The summed E-state index contributed by atoms with van der Waals surface area (Å²) in [5.41, 5.74) is 8.72. The topological polar surface area (TPSA) is 103 Å². The number of aromatic nitrogens is 4. The Balaban J connectivity index is 1.96. The van der Waals surface area contributed by atoms with Crippen LogP contribution in [0.1, 0.15) is 30.7 Å². The first kappa shape index (κ1) is 19.5. The zero-order valence-electron chi connectivity index (χ0n) is 16.4. The predicted octanol–water partition coefficient (Wildman–Crippen LogP) is 3.47. The van der Waals surface area contributed by atoms with Gasteiger partial charge in [-0.1, -0.05) is 13.8 Å². The number of nitriles is 1. The molecule has 0 aliphatic carbocycles. The van der Waals surface area contributed by atoms with E-state index in [1.54, 1.807) is 36.8 Å². The Kier molecular flexibility index (Phi) is 6.02. The summed E-state index contributed by atoms with van der Waals surface area (Å²) in [6, 6.07) is 7.38. The van der Waals surface area contributed by atoms with Gasteiger partial charge in [0.2, 0.25) is 0 Å². The first-order chi connectivity index (χ1) is 13.5. The molecule has 1 aromatic carbocycles. The summed E-state index contributed by atoms with van der Waals surface area (Å²) in [6.45, 7) is 7.61. The molecular weight excluding hydrogens is 352 g/mol. The molecule has 0 saturated carbocycles. The van der Waals surface area contributed by atoms with Crippen molar-refractivity contribution < 1.29 is 4.74 Å². The number of ether oxygens (including phenoxy) is 1. The van der Waals surface area contributed by atoms with Gasteiger partial charge in [-0.3, -0.25) is 4.68 Å².